The maximum atomic E-state index is 12.1. The smallest absolute Gasteiger partial charge is 0.249 e. The molecule has 182 valence electrons. The number of hydrogen-bond acceptors (Lipinski definition) is 6. The first-order chi connectivity index (χ1) is 16.9. The molecule has 3 aromatic rings. The maximum absolute atomic E-state index is 12.1. The van der Waals surface area contributed by atoms with Crippen molar-refractivity contribution in [2.24, 2.45) is 5.10 Å². The van der Waals surface area contributed by atoms with Crippen molar-refractivity contribution in [1.82, 2.24) is 5.43 Å². The molecule has 3 rings (SSSR count). The van der Waals surface area contributed by atoms with Gasteiger partial charge in [-0.15, -0.1) is 0 Å². The first kappa shape index (κ1) is 25.9. The van der Waals surface area contributed by atoms with E-state index in [2.05, 4.69) is 15.8 Å². The van der Waals surface area contributed by atoms with E-state index < -0.39 is 18.2 Å². The molecule has 0 bridgehead atoms. The van der Waals surface area contributed by atoms with Crippen LogP contribution in [0, 0.1) is 0 Å². The summed E-state index contributed by atoms with van der Waals surface area (Å²) in [7, 11) is 3.04. The standard InChI is InChI=1S/C25H23Cl2N3O5/c1-33-20-5-3-4-19(12-20)29-24(31)13-25(32)30-28-14-16-6-9-22(23(10-16)34-2)35-15-17-7-8-18(26)11-21(17)27/h3-12,14H,13,15H2,1-2H3,(H,29,31)(H,30,32). The van der Waals surface area contributed by atoms with Crippen molar-refractivity contribution < 1.29 is 23.8 Å². The summed E-state index contributed by atoms with van der Waals surface area (Å²) in [5, 5.41) is 7.58. The number of nitrogens with zero attached hydrogens (tertiary/aromatic N) is 1. The van der Waals surface area contributed by atoms with E-state index in [1.54, 1.807) is 60.7 Å². The van der Waals surface area contributed by atoms with Crippen molar-refractivity contribution in [1.29, 1.82) is 0 Å². The molecule has 0 spiro atoms. The molecule has 0 saturated carbocycles. The highest BCUT2D eigenvalue weighted by atomic mass is 35.5. The van der Waals surface area contributed by atoms with Gasteiger partial charge in [0.15, 0.2) is 11.5 Å². The third-order valence-electron chi connectivity index (χ3n) is 4.66. The lowest BCUT2D eigenvalue weighted by Crippen LogP contribution is -2.24. The number of methoxy groups -OCH3 is 2. The maximum Gasteiger partial charge on any atom is 0.249 e. The first-order valence-electron chi connectivity index (χ1n) is 10.4. The first-order valence-corrected chi connectivity index (χ1v) is 11.1. The van der Waals surface area contributed by atoms with Crippen LogP contribution in [-0.4, -0.2) is 32.2 Å². The Balaban J connectivity index is 1.52. The molecule has 0 aliphatic carbocycles. The van der Waals surface area contributed by atoms with Crippen molar-refractivity contribution in [3.8, 4) is 17.2 Å². The van der Waals surface area contributed by atoms with Gasteiger partial charge in [-0.2, -0.15) is 5.10 Å². The molecule has 0 aliphatic heterocycles. The number of benzene rings is 3. The van der Waals surface area contributed by atoms with Gasteiger partial charge in [-0.3, -0.25) is 9.59 Å². The van der Waals surface area contributed by atoms with Gasteiger partial charge in [0.1, 0.15) is 18.8 Å². The molecule has 0 radical (unpaired) electrons. The van der Waals surface area contributed by atoms with E-state index in [-0.39, 0.29) is 6.61 Å². The zero-order chi connectivity index (χ0) is 25.2. The van der Waals surface area contributed by atoms with Gasteiger partial charge in [0.05, 0.1) is 20.4 Å². The second-order valence-electron chi connectivity index (χ2n) is 7.18. The van der Waals surface area contributed by atoms with Crippen molar-refractivity contribution in [3.05, 3.63) is 81.8 Å². The van der Waals surface area contributed by atoms with Gasteiger partial charge in [0.25, 0.3) is 0 Å². The molecule has 0 heterocycles. The second-order valence-corrected chi connectivity index (χ2v) is 8.03. The number of anilines is 1. The summed E-state index contributed by atoms with van der Waals surface area (Å²) in [6.07, 6.45) is 1.04. The molecule has 0 unspecified atom stereocenters. The van der Waals surface area contributed by atoms with Gasteiger partial charge in [-0.25, -0.2) is 5.43 Å². The SMILES string of the molecule is COc1cccc(NC(=O)CC(=O)NN=Cc2ccc(OCc3ccc(Cl)cc3Cl)c(OC)c2)c1. The molecule has 35 heavy (non-hydrogen) atoms. The van der Waals surface area contributed by atoms with E-state index in [9.17, 15) is 9.59 Å². The summed E-state index contributed by atoms with van der Waals surface area (Å²) in [5.74, 6) is 0.540. The summed E-state index contributed by atoms with van der Waals surface area (Å²) < 4.78 is 16.3. The Bertz CT molecular complexity index is 1230. The fraction of sp³-hybridized carbons (Fsp3) is 0.160. The Kier molecular flexibility index (Phi) is 9.34. The van der Waals surface area contributed by atoms with Crippen LogP contribution in [0.4, 0.5) is 5.69 Å². The Morgan fingerprint density at radius 3 is 2.51 bits per heavy atom. The highest BCUT2D eigenvalue weighted by Crippen LogP contribution is 2.29. The lowest BCUT2D eigenvalue weighted by atomic mass is 10.2. The van der Waals surface area contributed by atoms with Crippen LogP contribution in [0.5, 0.6) is 17.2 Å². The van der Waals surface area contributed by atoms with Gasteiger partial charge in [0, 0.05) is 27.4 Å². The van der Waals surface area contributed by atoms with Crippen LogP contribution in [0.1, 0.15) is 17.5 Å². The summed E-state index contributed by atoms with van der Waals surface area (Å²) in [5.41, 5.74) is 4.29. The van der Waals surface area contributed by atoms with Crippen LogP contribution in [0.25, 0.3) is 0 Å². The summed E-state index contributed by atoms with van der Waals surface area (Å²) in [6, 6.07) is 17.2. The molecule has 3 aromatic carbocycles. The fourth-order valence-corrected chi connectivity index (χ4v) is 3.41. The summed E-state index contributed by atoms with van der Waals surface area (Å²) in [4.78, 5) is 24.1. The molecular formula is C25H23Cl2N3O5. The molecule has 0 fully saturated rings. The highest BCUT2D eigenvalue weighted by Gasteiger charge is 2.10. The van der Waals surface area contributed by atoms with E-state index in [1.165, 1.54) is 20.4 Å². The van der Waals surface area contributed by atoms with E-state index in [0.717, 1.165) is 5.56 Å². The molecule has 0 atom stereocenters. The second kappa shape index (κ2) is 12.6. The zero-order valence-electron chi connectivity index (χ0n) is 19.0. The molecular weight excluding hydrogens is 493 g/mol. The molecule has 2 amide bonds. The molecule has 2 N–H and O–H groups in total. The lowest BCUT2D eigenvalue weighted by Gasteiger charge is -2.12. The van der Waals surface area contributed by atoms with Gasteiger partial charge in [-0.05, 0) is 48.0 Å². The van der Waals surface area contributed by atoms with E-state index in [1.807, 2.05) is 0 Å². The van der Waals surface area contributed by atoms with Crippen LogP contribution in [0.15, 0.2) is 65.8 Å². The molecule has 0 saturated heterocycles. The van der Waals surface area contributed by atoms with Gasteiger partial charge < -0.3 is 19.5 Å². The van der Waals surface area contributed by atoms with Gasteiger partial charge >= 0.3 is 0 Å². The number of amides is 2. The monoisotopic (exact) mass is 515 g/mol. The molecule has 0 aromatic heterocycles. The van der Waals surface area contributed by atoms with Crippen molar-refractivity contribution in [2.45, 2.75) is 13.0 Å². The number of rotatable bonds is 10. The fourth-order valence-electron chi connectivity index (χ4n) is 2.95. The van der Waals surface area contributed by atoms with Crippen LogP contribution in [0.2, 0.25) is 10.0 Å². The normalized spacial score (nSPS) is 10.6. The number of hydrazone groups is 1. The predicted molar refractivity (Wildman–Crippen MR) is 136 cm³/mol. The number of carbonyl (C=O) groups is 2. The Hall–Kier alpha value is -3.75. The van der Waals surface area contributed by atoms with Crippen LogP contribution in [-0.2, 0) is 16.2 Å². The van der Waals surface area contributed by atoms with E-state index in [0.29, 0.717) is 38.5 Å². The van der Waals surface area contributed by atoms with Crippen molar-refractivity contribution in [2.75, 3.05) is 19.5 Å². The third-order valence-corrected chi connectivity index (χ3v) is 5.25. The van der Waals surface area contributed by atoms with Crippen molar-refractivity contribution in [3.63, 3.8) is 0 Å². The number of carbonyl (C=O) groups excluding carboxylic acids is 2. The summed E-state index contributed by atoms with van der Waals surface area (Å²) in [6.45, 7) is 0.230. The van der Waals surface area contributed by atoms with Crippen LogP contribution < -0.4 is 25.0 Å². The number of nitrogens with one attached hydrogen (secondary N) is 2. The molecule has 8 nitrogen and oxygen atoms in total. The van der Waals surface area contributed by atoms with E-state index >= 15 is 0 Å². The van der Waals surface area contributed by atoms with Crippen LogP contribution >= 0.6 is 23.2 Å². The lowest BCUT2D eigenvalue weighted by molar-refractivity contribution is -0.126. The number of ether oxygens (including phenoxy) is 3. The quantitative estimate of drug-likeness (QED) is 0.223. The average molecular weight is 516 g/mol. The number of halogens is 2. The van der Waals surface area contributed by atoms with Gasteiger partial charge in [-0.1, -0.05) is 35.3 Å². The van der Waals surface area contributed by atoms with Crippen LogP contribution in [0.3, 0.4) is 0 Å². The minimum absolute atomic E-state index is 0.230. The third kappa shape index (κ3) is 7.91. The molecule has 0 aliphatic rings. The largest absolute Gasteiger partial charge is 0.497 e. The number of hydrogen-bond donors (Lipinski definition) is 2. The predicted octanol–water partition coefficient (Wildman–Crippen LogP) is 5.07. The Labute approximate surface area is 212 Å². The Morgan fingerprint density at radius 1 is 0.943 bits per heavy atom. The van der Waals surface area contributed by atoms with Crippen molar-refractivity contribution >= 4 is 46.9 Å². The summed E-state index contributed by atoms with van der Waals surface area (Å²) >= 11 is 12.1. The Morgan fingerprint density at radius 2 is 1.77 bits per heavy atom. The highest BCUT2D eigenvalue weighted by molar-refractivity contribution is 6.35. The van der Waals surface area contributed by atoms with Gasteiger partial charge in [0.2, 0.25) is 11.8 Å². The minimum Gasteiger partial charge on any atom is -0.497 e. The topological polar surface area (TPSA) is 98.2 Å². The average Bonchev–Trinajstić information content (AvgIpc) is 2.84. The zero-order valence-corrected chi connectivity index (χ0v) is 20.5. The minimum atomic E-state index is -0.562. The van der Waals surface area contributed by atoms with E-state index in [4.69, 9.17) is 37.4 Å². The molecule has 10 heteroatoms.